The number of carboxylic acid groups (broad SMARTS) is 1. The number of hydrogen-bond donors (Lipinski definition) is 1. The van der Waals surface area contributed by atoms with Gasteiger partial charge in [0.25, 0.3) is 0 Å². The molecule has 0 spiro atoms. The van der Waals surface area contributed by atoms with Crippen LogP contribution in [0.25, 0.3) is 0 Å². The molecular weight excluding hydrogens is 501 g/mol. The first-order valence-electron chi connectivity index (χ1n) is 12.0. The van der Waals surface area contributed by atoms with Gasteiger partial charge in [0.05, 0.1) is 17.9 Å². The van der Waals surface area contributed by atoms with Crippen molar-refractivity contribution >= 4 is 41.0 Å². The zero-order chi connectivity index (χ0) is 26.8. The topological polar surface area (TPSA) is 83.9 Å². The molecule has 0 aromatic heterocycles. The number of carbonyl (C=O) groups excluding carboxylic acids is 2. The highest BCUT2D eigenvalue weighted by molar-refractivity contribution is 6.30. The third-order valence-electron chi connectivity index (χ3n) is 6.53. The molecule has 3 rings (SSSR count). The smallest absolute Gasteiger partial charge is 0.329 e. The number of hydrogen-bond acceptors (Lipinski definition) is 4. The van der Waals surface area contributed by atoms with Gasteiger partial charge in [-0.1, -0.05) is 61.3 Å². The Hall–Kier alpha value is -2.57. The number of aliphatic carboxylic acids is 1. The van der Waals surface area contributed by atoms with E-state index in [4.69, 9.17) is 27.9 Å². The number of amides is 1. The van der Waals surface area contributed by atoms with Gasteiger partial charge in [-0.05, 0) is 69.0 Å². The summed E-state index contributed by atoms with van der Waals surface area (Å²) in [5.41, 5.74) is -0.347. The number of carbonyl (C=O) groups is 3. The standard InChI is InChI=1S/C28H33Cl2NO5/c1-6-22(25(34)36-27(2,3)4)31-24(17-10-12-19(29)13-11-17)21(18-8-7-9-20(30)14-18)15-28(5,26(31)35)16-23(32)33/h7-14,21-22,24H,6,15-16H2,1-5H3,(H,32,33)/t21-,22+,24-,28+/m1/s1. The molecule has 0 aliphatic carbocycles. The number of likely N-dealkylation sites (tertiary alicyclic amines) is 1. The van der Waals surface area contributed by atoms with Crippen LogP contribution < -0.4 is 0 Å². The molecule has 194 valence electrons. The first-order chi connectivity index (χ1) is 16.8. The van der Waals surface area contributed by atoms with Gasteiger partial charge in [0.15, 0.2) is 0 Å². The summed E-state index contributed by atoms with van der Waals surface area (Å²) in [7, 11) is 0. The van der Waals surface area contributed by atoms with Crippen molar-refractivity contribution in [2.24, 2.45) is 5.41 Å². The van der Waals surface area contributed by atoms with Gasteiger partial charge in [-0.3, -0.25) is 9.59 Å². The summed E-state index contributed by atoms with van der Waals surface area (Å²) >= 11 is 12.5. The normalized spacial score (nSPS) is 23.3. The van der Waals surface area contributed by atoms with Crippen molar-refractivity contribution in [3.63, 3.8) is 0 Å². The van der Waals surface area contributed by atoms with Gasteiger partial charge in [0, 0.05) is 16.0 Å². The first-order valence-corrected chi connectivity index (χ1v) is 12.8. The van der Waals surface area contributed by atoms with E-state index in [9.17, 15) is 19.5 Å². The summed E-state index contributed by atoms with van der Waals surface area (Å²) in [4.78, 5) is 41.0. The Labute approximate surface area is 222 Å². The quantitative estimate of drug-likeness (QED) is 0.402. The van der Waals surface area contributed by atoms with E-state index in [1.54, 1.807) is 50.8 Å². The van der Waals surface area contributed by atoms with Crippen LogP contribution in [0, 0.1) is 5.41 Å². The van der Waals surface area contributed by atoms with Crippen LogP contribution >= 0.6 is 23.2 Å². The Balaban J connectivity index is 2.25. The monoisotopic (exact) mass is 533 g/mol. The molecule has 6 nitrogen and oxygen atoms in total. The molecule has 0 unspecified atom stereocenters. The lowest BCUT2D eigenvalue weighted by Crippen LogP contribution is -2.58. The van der Waals surface area contributed by atoms with Crippen LogP contribution in [0.4, 0.5) is 0 Å². The third-order valence-corrected chi connectivity index (χ3v) is 7.02. The maximum atomic E-state index is 14.2. The highest BCUT2D eigenvalue weighted by atomic mass is 35.5. The van der Waals surface area contributed by atoms with Crippen molar-refractivity contribution in [3.05, 3.63) is 69.7 Å². The van der Waals surface area contributed by atoms with Gasteiger partial charge in [0.2, 0.25) is 5.91 Å². The molecule has 4 atom stereocenters. The Kier molecular flexibility index (Phi) is 8.41. The minimum absolute atomic E-state index is 0.271. The number of benzene rings is 2. The predicted molar refractivity (Wildman–Crippen MR) is 140 cm³/mol. The number of ether oxygens (including phenoxy) is 1. The number of esters is 1. The van der Waals surface area contributed by atoms with E-state index in [0.29, 0.717) is 16.5 Å². The lowest BCUT2D eigenvalue weighted by Gasteiger charge is -2.51. The van der Waals surface area contributed by atoms with Crippen molar-refractivity contribution in [2.45, 2.75) is 77.5 Å². The fraction of sp³-hybridized carbons (Fsp3) is 0.464. The summed E-state index contributed by atoms with van der Waals surface area (Å²) in [6, 6.07) is 13.0. The lowest BCUT2D eigenvalue weighted by molar-refractivity contribution is -0.174. The molecule has 2 aromatic rings. The minimum Gasteiger partial charge on any atom is -0.481 e. The van der Waals surface area contributed by atoms with Crippen molar-refractivity contribution in [1.29, 1.82) is 0 Å². The number of halogens is 2. The summed E-state index contributed by atoms with van der Waals surface area (Å²) in [5, 5.41) is 10.8. The fourth-order valence-corrected chi connectivity index (χ4v) is 5.39. The molecule has 1 N–H and O–H groups in total. The highest BCUT2D eigenvalue weighted by Crippen LogP contribution is 2.52. The highest BCUT2D eigenvalue weighted by Gasteiger charge is 2.53. The molecule has 1 amide bonds. The fourth-order valence-electron chi connectivity index (χ4n) is 5.07. The second-order valence-electron chi connectivity index (χ2n) is 10.7. The number of carboxylic acids is 1. The third kappa shape index (κ3) is 6.22. The molecular formula is C28H33Cl2NO5. The Morgan fingerprint density at radius 1 is 1.11 bits per heavy atom. The molecule has 1 aliphatic heterocycles. The van der Waals surface area contributed by atoms with Crippen LogP contribution in [-0.2, 0) is 19.1 Å². The van der Waals surface area contributed by atoms with E-state index in [0.717, 1.165) is 11.1 Å². The van der Waals surface area contributed by atoms with Crippen LogP contribution in [0.15, 0.2) is 48.5 Å². The van der Waals surface area contributed by atoms with E-state index in [-0.39, 0.29) is 24.7 Å². The number of nitrogens with zero attached hydrogens (tertiary/aromatic N) is 1. The molecule has 1 aliphatic rings. The molecule has 1 heterocycles. The minimum atomic E-state index is -1.24. The van der Waals surface area contributed by atoms with Gasteiger partial charge in [0.1, 0.15) is 11.6 Å². The van der Waals surface area contributed by atoms with Gasteiger partial charge in [-0.2, -0.15) is 0 Å². The SMILES string of the molecule is CC[C@@H](C(=O)OC(C)(C)C)N1C(=O)[C@](C)(CC(=O)O)C[C@H](c2cccc(Cl)c2)[C@H]1c1ccc(Cl)cc1. The second-order valence-corrected chi connectivity index (χ2v) is 11.5. The number of piperidine rings is 1. The molecule has 0 radical (unpaired) electrons. The van der Waals surface area contributed by atoms with Crippen molar-refractivity contribution in [2.75, 3.05) is 0 Å². The van der Waals surface area contributed by atoms with Gasteiger partial charge < -0.3 is 14.7 Å². The zero-order valence-corrected chi connectivity index (χ0v) is 22.8. The maximum Gasteiger partial charge on any atom is 0.329 e. The van der Waals surface area contributed by atoms with Crippen LogP contribution in [0.3, 0.4) is 0 Å². The van der Waals surface area contributed by atoms with Gasteiger partial charge in [-0.15, -0.1) is 0 Å². The largest absolute Gasteiger partial charge is 0.481 e. The van der Waals surface area contributed by atoms with E-state index < -0.39 is 35.0 Å². The first kappa shape index (κ1) is 28.0. The van der Waals surface area contributed by atoms with Crippen molar-refractivity contribution < 1.29 is 24.2 Å². The summed E-state index contributed by atoms with van der Waals surface area (Å²) in [5.74, 6) is -2.32. The van der Waals surface area contributed by atoms with E-state index >= 15 is 0 Å². The Bertz CT molecular complexity index is 1130. The van der Waals surface area contributed by atoms with Crippen LogP contribution in [0.1, 0.15) is 77.0 Å². The lowest BCUT2D eigenvalue weighted by atomic mass is 9.67. The maximum absolute atomic E-state index is 14.2. The Morgan fingerprint density at radius 3 is 2.28 bits per heavy atom. The number of rotatable bonds is 7. The summed E-state index contributed by atoms with van der Waals surface area (Å²) in [6.07, 6.45) is 0.209. The van der Waals surface area contributed by atoms with Gasteiger partial charge >= 0.3 is 11.9 Å². The van der Waals surface area contributed by atoms with Gasteiger partial charge in [-0.25, -0.2) is 4.79 Å². The molecule has 8 heteroatoms. The average molecular weight is 534 g/mol. The van der Waals surface area contributed by atoms with Crippen LogP contribution in [0.2, 0.25) is 10.0 Å². The zero-order valence-electron chi connectivity index (χ0n) is 21.3. The molecule has 36 heavy (non-hydrogen) atoms. The summed E-state index contributed by atoms with van der Waals surface area (Å²) in [6.45, 7) is 8.80. The Morgan fingerprint density at radius 2 is 1.75 bits per heavy atom. The van der Waals surface area contributed by atoms with Crippen molar-refractivity contribution in [1.82, 2.24) is 4.90 Å². The molecule has 1 fully saturated rings. The second kappa shape index (κ2) is 10.8. The predicted octanol–water partition coefficient (Wildman–Crippen LogP) is 6.65. The van der Waals surface area contributed by atoms with Crippen molar-refractivity contribution in [3.8, 4) is 0 Å². The molecule has 1 saturated heterocycles. The molecule has 0 saturated carbocycles. The van der Waals surface area contributed by atoms with E-state index in [2.05, 4.69) is 0 Å². The average Bonchev–Trinajstić information content (AvgIpc) is 2.76. The van der Waals surface area contributed by atoms with Crippen LogP contribution in [0.5, 0.6) is 0 Å². The summed E-state index contributed by atoms with van der Waals surface area (Å²) < 4.78 is 5.71. The van der Waals surface area contributed by atoms with E-state index in [1.165, 1.54) is 0 Å². The van der Waals surface area contributed by atoms with Crippen LogP contribution in [-0.4, -0.2) is 39.5 Å². The molecule has 2 aromatic carbocycles. The van der Waals surface area contributed by atoms with E-state index in [1.807, 2.05) is 37.3 Å². The molecule has 0 bridgehead atoms.